The number of methoxy groups -OCH3 is 1. The van der Waals surface area contributed by atoms with Crippen LogP contribution in [-0.2, 0) is 11.3 Å². The van der Waals surface area contributed by atoms with Crippen molar-refractivity contribution in [2.24, 2.45) is 0 Å². The van der Waals surface area contributed by atoms with Gasteiger partial charge in [-0.1, -0.05) is 12.8 Å². The molecule has 6 heteroatoms. The van der Waals surface area contributed by atoms with Gasteiger partial charge in [-0.05, 0) is 31.8 Å². The van der Waals surface area contributed by atoms with E-state index in [0.29, 0.717) is 5.82 Å². The van der Waals surface area contributed by atoms with Crippen LogP contribution in [0.5, 0.6) is 0 Å². The van der Waals surface area contributed by atoms with Crippen molar-refractivity contribution < 1.29 is 9.53 Å². The molecule has 0 saturated carbocycles. The Morgan fingerprint density at radius 1 is 1.37 bits per heavy atom. The van der Waals surface area contributed by atoms with Crippen molar-refractivity contribution in [2.75, 3.05) is 24.9 Å². The number of esters is 1. The molecule has 5 nitrogen and oxygen atoms in total. The molecule has 1 heterocycles. The van der Waals surface area contributed by atoms with Crippen LogP contribution in [-0.4, -0.2) is 34.6 Å². The maximum atomic E-state index is 11.5. The number of hydrogen-bond acceptors (Lipinski definition) is 5. The number of thioether (sulfide) groups is 1. The van der Waals surface area contributed by atoms with E-state index in [2.05, 4.69) is 16.0 Å². The van der Waals surface area contributed by atoms with Crippen LogP contribution in [0.15, 0.2) is 0 Å². The van der Waals surface area contributed by atoms with Gasteiger partial charge in [-0.3, -0.25) is 0 Å². The monoisotopic (exact) mass is 285 g/mol. The van der Waals surface area contributed by atoms with E-state index in [-0.39, 0.29) is 5.69 Å². The molecule has 0 aromatic carbocycles. The van der Waals surface area contributed by atoms with Crippen LogP contribution < -0.4 is 5.73 Å². The van der Waals surface area contributed by atoms with E-state index >= 15 is 0 Å². The summed E-state index contributed by atoms with van der Waals surface area (Å²) in [7, 11) is 1.34. The van der Waals surface area contributed by atoms with Crippen LogP contribution in [0.3, 0.4) is 0 Å². The Kier molecular flexibility index (Phi) is 6.77. The fraction of sp³-hybridized carbons (Fsp3) is 0.692. The minimum absolute atomic E-state index is 0.224. The Hall–Kier alpha value is -1.17. The zero-order chi connectivity index (χ0) is 14.3. The molecule has 2 N–H and O–H groups in total. The van der Waals surface area contributed by atoms with Crippen molar-refractivity contribution in [2.45, 2.75) is 39.2 Å². The average molecular weight is 285 g/mol. The summed E-state index contributed by atoms with van der Waals surface area (Å²) in [6.07, 6.45) is 6.84. The third-order valence-corrected chi connectivity index (χ3v) is 3.75. The fourth-order valence-corrected chi connectivity index (χ4v) is 2.47. The van der Waals surface area contributed by atoms with E-state index in [1.807, 2.05) is 23.3 Å². The number of carbonyl (C=O) groups is 1. The molecule has 1 aromatic rings. The zero-order valence-corrected chi connectivity index (χ0v) is 12.8. The highest BCUT2D eigenvalue weighted by Gasteiger charge is 2.18. The lowest BCUT2D eigenvalue weighted by atomic mass is 10.2. The Morgan fingerprint density at radius 3 is 2.68 bits per heavy atom. The van der Waals surface area contributed by atoms with Gasteiger partial charge in [-0.15, -0.1) is 0 Å². The first kappa shape index (κ1) is 15.9. The molecule has 0 atom stereocenters. The first-order valence-corrected chi connectivity index (χ1v) is 7.91. The number of aromatic nitrogens is 2. The van der Waals surface area contributed by atoms with Crippen molar-refractivity contribution in [3.8, 4) is 0 Å². The van der Waals surface area contributed by atoms with Gasteiger partial charge >= 0.3 is 5.97 Å². The second-order valence-electron chi connectivity index (χ2n) is 4.44. The number of anilines is 1. The highest BCUT2D eigenvalue weighted by molar-refractivity contribution is 7.98. The van der Waals surface area contributed by atoms with E-state index < -0.39 is 5.97 Å². The predicted molar refractivity (Wildman–Crippen MR) is 79.6 cm³/mol. The first-order chi connectivity index (χ1) is 9.11. The number of carbonyl (C=O) groups excluding carboxylic acids is 1. The number of rotatable bonds is 8. The Balaban J connectivity index is 2.50. The third-order valence-electron chi connectivity index (χ3n) is 3.06. The molecule has 0 bridgehead atoms. The molecule has 0 aliphatic rings. The molecule has 1 rings (SSSR count). The number of imidazole rings is 1. The molecule has 0 aliphatic heterocycles. The van der Waals surface area contributed by atoms with Crippen molar-refractivity contribution in [1.82, 2.24) is 9.55 Å². The smallest absolute Gasteiger partial charge is 0.360 e. The van der Waals surface area contributed by atoms with Gasteiger partial charge in [0.15, 0.2) is 5.69 Å². The van der Waals surface area contributed by atoms with Crippen molar-refractivity contribution in [1.29, 1.82) is 0 Å². The molecule has 1 aromatic heterocycles. The molecular weight excluding hydrogens is 262 g/mol. The standard InChI is InChI=1S/C13H23N3O2S/c1-10-15-11(13(17)18-2)12(14)16(10)8-6-4-5-7-9-19-3/h4-9,14H2,1-3H3. The van der Waals surface area contributed by atoms with Crippen LogP contribution in [0, 0.1) is 6.92 Å². The third kappa shape index (κ3) is 4.45. The summed E-state index contributed by atoms with van der Waals surface area (Å²) in [5, 5.41) is 0. The zero-order valence-electron chi connectivity index (χ0n) is 11.9. The van der Waals surface area contributed by atoms with Gasteiger partial charge in [0.05, 0.1) is 7.11 Å². The number of nitrogens with two attached hydrogens (primary N) is 1. The Labute approximate surface area is 118 Å². The van der Waals surface area contributed by atoms with Crippen LogP contribution in [0.2, 0.25) is 0 Å². The average Bonchev–Trinajstić information content (AvgIpc) is 2.69. The summed E-state index contributed by atoms with van der Waals surface area (Å²) in [5.74, 6) is 1.92. The topological polar surface area (TPSA) is 70.1 Å². The minimum atomic E-state index is -0.473. The van der Waals surface area contributed by atoms with E-state index in [0.717, 1.165) is 18.8 Å². The lowest BCUT2D eigenvalue weighted by Gasteiger charge is -2.07. The summed E-state index contributed by atoms with van der Waals surface area (Å²) < 4.78 is 6.55. The molecule has 0 saturated heterocycles. The SMILES string of the molecule is COC(=O)c1nc(C)n(CCCCCCSC)c1N. The number of unbranched alkanes of at least 4 members (excludes halogenated alkanes) is 3. The molecule has 0 fully saturated rings. The molecule has 0 radical (unpaired) electrons. The Morgan fingerprint density at radius 2 is 2.05 bits per heavy atom. The van der Waals surface area contributed by atoms with Crippen LogP contribution in [0.25, 0.3) is 0 Å². The number of nitrogens with zero attached hydrogens (tertiary/aromatic N) is 2. The highest BCUT2D eigenvalue weighted by Crippen LogP contribution is 2.16. The summed E-state index contributed by atoms with van der Waals surface area (Å²) >= 11 is 1.88. The van der Waals surface area contributed by atoms with Crippen molar-refractivity contribution >= 4 is 23.5 Å². The van der Waals surface area contributed by atoms with E-state index in [9.17, 15) is 4.79 Å². The van der Waals surface area contributed by atoms with Gasteiger partial charge in [0.25, 0.3) is 0 Å². The lowest BCUT2D eigenvalue weighted by molar-refractivity contribution is 0.0595. The molecule has 0 unspecified atom stereocenters. The van der Waals surface area contributed by atoms with Gasteiger partial charge in [-0.2, -0.15) is 11.8 Å². The molecule has 0 spiro atoms. The normalized spacial score (nSPS) is 10.7. The molecule has 19 heavy (non-hydrogen) atoms. The van der Waals surface area contributed by atoms with Gasteiger partial charge in [0.1, 0.15) is 11.6 Å². The lowest BCUT2D eigenvalue weighted by Crippen LogP contribution is -2.09. The van der Waals surface area contributed by atoms with Gasteiger partial charge in [0.2, 0.25) is 0 Å². The van der Waals surface area contributed by atoms with Crippen LogP contribution in [0.4, 0.5) is 5.82 Å². The summed E-state index contributed by atoms with van der Waals surface area (Å²) in [6, 6.07) is 0. The molecular formula is C13H23N3O2S. The van der Waals surface area contributed by atoms with Crippen LogP contribution >= 0.6 is 11.8 Å². The summed E-state index contributed by atoms with van der Waals surface area (Å²) in [4.78, 5) is 15.6. The summed E-state index contributed by atoms with van der Waals surface area (Å²) in [5.41, 5.74) is 6.16. The molecule has 0 amide bonds. The fourth-order valence-electron chi connectivity index (χ4n) is 1.98. The largest absolute Gasteiger partial charge is 0.464 e. The van der Waals surface area contributed by atoms with Crippen molar-refractivity contribution in [3.05, 3.63) is 11.5 Å². The second kappa shape index (κ2) is 8.09. The van der Waals surface area contributed by atoms with E-state index in [1.165, 1.54) is 32.1 Å². The first-order valence-electron chi connectivity index (χ1n) is 6.51. The van der Waals surface area contributed by atoms with Gasteiger partial charge in [-0.25, -0.2) is 9.78 Å². The minimum Gasteiger partial charge on any atom is -0.464 e. The summed E-state index contributed by atoms with van der Waals surface area (Å²) in [6.45, 7) is 2.66. The maximum absolute atomic E-state index is 11.5. The Bertz CT molecular complexity index is 418. The predicted octanol–water partition coefficient (Wildman–Crippen LogP) is 2.48. The van der Waals surface area contributed by atoms with Crippen molar-refractivity contribution in [3.63, 3.8) is 0 Å². The maximum Gasteiger partial charge on any atom is 0.360 e. The second-order valence-corrected chi connectivity index (χ2v) is 5.43. The number of hydrogen-bond donors (Lipinski definition) is 1. The number of nitrogen functional groups attached to an aromatic ring is 1. The molecule has 0 aliphatic carbocycles. The highest BCUT2D eigenvalue weighted by atomic mass is 32.2. The van der Waals surface area contributed by atoms with Gasteiger partial charge in [0, 0.05) is 6.54 Å². The number of ether oxygens (including phenoxy) is 1. The van der Waals surface area contributed by atoms with E-state index in [1.54, 1.807) is 0 Å². The van der Waals surface area contributed by atoms with Crippen LogP contribution in [0.1, 0.15) is 42.0 Å². The van der Waals surface area contributed by atoms with E-state index in [4.69, 9.17) is 5.73 Å². The quantitative estimate of drug-likeness (QED) is 0.587. The van der Waals surface area contributed by atoms with Gasteiger partial charge < -0.3 is 15.0 Å². The molecule has 108 valence electrons. The number of aryl methyl sites for hydroxylation is 1.